The maximum absolute atomic E-state index is 12.5. The van der Waals surface area contributed by atoms with Gasteiger partial charge >= 0.3 is 0 Å². The molecule has 4 nitrogen and oxygen atoms in total. The number of nitrogens with one attached hydrogen (secondary N) is 2. The largest absolute Gasteiger partial charge is 0.349 e. The van der Waals surface area contributed by atoms with E-state index in [1.54, 1.807) is 0 Å². The first-order valence-electron chi connectivity index (χ1n) is 8.55. The number of amides is 2. The molecule has 4 heteroatoms. The summed E-state index contributed by atoms with van der Waals surface area (Å²) in [6.45, 7) is 7.48. The molecule has 0 aromatic heterocycles. The molecule has 2 atom stereocenters. The van der Waals surface area contributed by atoms with E-state index in [4.69, 9.17) is 0 Å². The van der Waals surface area contributed by atoms with Crippen molar-refractivity contribution in [3.8, 4) is 0 Å². The molecular formula is C21H26N2O2. The summed E-state index contributed by atoms with van der Waals surface area (Å²) in [6.07, 6.45) is 0.207. The maximum Gasteiger partial charge on any atom is 0.222 e. The van der Waals surface area contributed by atoms with Gasteiger partial charge in [0, 0.05) is 6.92 Å². The Hall–Kier alpha value is -2.62. The van der Waals surface area contributed by atoms with E-state index in [0.717, 1.165) is 22.3 Å². The van der Waals surface area contributed by atoms with E-state index < -0.39 is 0 Å². The quantitative estimate of drug-likeness (QED) is 0.843. The summed E-state index contributed by atoms with van der Waals surface area (Å²) in [5, 5.41) is 5.90. The van der Waals surface area contributed by atoms with E-state index in [1.165, 1.54) is 6.92 Å². The van der Waals surface area contributed by atoms with Gasteiger partial charge in [-0.2, -0.15) is 0 Å². The maximum atomic E-state index is 12.5. The molecule has 0 radical (unpaired) electrons. The first-order valence-corrected chi connectivity index (χ1v) is 8.55. The molecule has 0 aliphatic carbocycles. The molecule has 2 N–H and O–H groups in total. The Kier molecular flexibility index (Phi) is 6.34. The number of rotatable bonds is 6. The fourth-order valence-electron chi connectivity index (χ4n) is 2.93. The van der Waals surface area contributed by atoms with Crippen LogP contribution in [0.25, 0.3) is 0 Å². The predicted molar refractivity (Wildman–Crippen MR) is 100 cm³/mol. The van der Waals surface area contributed by atoms with Crippen molar-refractivity contribution in [2.24, 2.45) is 0 Å². The van der Waals surface area contributed by atoms with Gasteiger partial charge in [-0.05, 0) is 37.5 Å². The van der Waals surface area contributed by atoms with Crippen LogP contribution in [0.15, 0.2) is 48.5 Å². The van der Waals surface area contributed by atoms with Gasteiger partial charge in [0.2, 0.25) is 11.8 Å². The minimum absolute atomic E-state index is 0.0790. The topological polar surface area (TPSA) is 58.2 Å². The molecule has 0 saturated heterocycles. The lowest BCUT2D eigenvalue weighted by Crippen LogP contribution is -2.33. The molecule has 132 valence electrons. The zero-order valence-electron chi connectivity index (χ0n) is 15.3. The third kappa shape index (κ3) is 5.45. The third-order valence-corrected chi connectivity index (χ3v) is 4.28. The number of hydrogen-bond acceptors (Lipinski definition) is 2. The minimum atomic E-state index is -0.331. The Labute approximate surface area is 149 Å². The highest BCUT2D eigenvalue weighted by Gasteiger charge is 2.19. The summed E-state index contributed by atoms with van der Waals surface area (Å²) < 4.78 is 0. The van der Waals surface area contributed by atoms with Crippen molar-refractivity contribution in [3.63, 3.8) is 0 Å². The van der Waals surface area contributed by atoms with E-state index >= 15 is 0 Å². The van der Waals surface area contributed by atoms with Crippen LogP contribution in [0, 0.1) is 13.8 Å². The number of carbonyl (C=O) groups excluding carboxylic acids is 2. The zero-order valence-corrected chi connectivity index (χ0v) is 15.3. The highest BCUT2D eigenvalue weighted by molar-refractivity contribution is 5.79. The molecule has 2 amide bonds. The van der Waals surface area contributed by atoms with E-state index in [2.05, 4.69) is 10.6 Å². The molecule has 0 heterocycles. The van der Waals surface area contributed by atoms with E-state index in [-0.39, 0.29) is 30.3 Å². The lowest BCUT2D eigenvalue weighted by Gasteiger charge is -2.21. The van der Waals surface area contributed by atoms with Crippen LogP contribution < -0.4 is 10.6 Å². The van der Waals surface area contributed by atoms with Gasteiger partial charge < -0.3 is 10.6 Å². The summed E-state index contributed by atoms with van der Waals surface area (Å²) in [7, 11) is 0. The monoisotopic (exact) mass is 338 g/mol. The highest BCUT2D eigenvalue weighted by Crippen LogP contribution is 2.20. The lowest BCUT2D eigenvalue weighted by molar-refractivity contribution is -0.123. The summed E-state index contributed by atoms with van der Waals surface area (Å²) in [5.41, 5.74) is 4.32. The summed E-state index contributed by atoms with van der Waals surface area (Å²) in [6, 6.07) is 15.5. The number of benzene rings is 2. The molecule has 2 rings (SSSR count). The minimum Gasteiger partial charge on any atom is -0.349 e. The normalized spacial score (nSPS) is 13.0. The Bertz CT molecular complexity index is 738. The van der Waals surface area contributed by atoms with Crippen LogP contribution in [0.4, 0.5) is 0 Å². The van der Waals surface area contributed by atoms with Gasteiger partial charge in [0.05, 0.1) is 18.5 Å². The van der Waals surface area contributed by atoms with Gasteiger partial charge in [-0.3, -0.25) is 9.59 Å². The van der Waals surface area contributed by atoms with Crippen molar-refractivity contribution in [1.29, 1.82) is 0 Å². The average molecular weight is 338 g/mol. The van der Waals surface area contributed by atoms with E-state index in [1.807, 2.05) is 69.3 Å². The van der Waals surface area contributed by atoms with Gasteiger partial charge in [-0.15, -0.1) is 0 Å². The molecule has 0 aliphatic heterocycles. The molecule has 25 heavy (non-hydrogen) atoms. The summed E-state index contributed by atoms with van der Waals surface area (Å²) >= 11 is 0. The second-order valence-corrected chi connectivity index (χ2v) is 6.51. The molecule has 0 unspecified atom stereocenters. The van der Waals surface area contributed by atoms with Crippen LogP contribution in [0.2, 0.25) is 0 Å². The van der Waals surface area contributed by atoms with Crippen molar-refractivity contribution >= 4 is 11.8 Å². The predicted octanol–water partition coefficient (Wildman–Crippen LogP) is 3.75. The van der Waals surface area contributed by atoms with Crippen LogP contribution in [0.5, 0.6) is 0 Å². The molecule has 0 saturated carbocycles. The first kappa shape index (κ1) is 18.7. The molecule has 2 aromatic rings. The van der Waals surface area contributed by atoms with E-state index in [0.29, 0.717) is 0 Å². The number of hydrogen-bond donors (Lipinski definition) is 2. The van der Waals surface area contributed by atoms with E-state index in [9.17, 15) is 9.59 Å². The van der Waals surface area contributed by atoms with Crippen LogP contribution in [-0.4, -0.2) is 11.8 Å². The van der Waals surface area contributed by atoms with Gasteiger partial charge in [-0.1, -0.05) is 54.1 Å². The Morgan fingerprint density at radius 1 is 0.960 bits per heavy atom. The number of aryl methyl sites for hydroxylation is 2. The van der Waals surface area contributed by atoms with Gasteiger partial charge in [0.15, 0.2) is 0 Å². The fraction of sp³-hybridized carbons (Fsp3) is 0.333. The second kappa shape index (κ2) is 8.47. The van der Waals surface area contributed by atoms with Crippen LogP contribution in [0.3, 0.4) is 0 Å². The fourth-order valence-corrected chi connectivity index (χ4v) is 2.93. The van der Waals surface area contributed by atoms with Crippen molar-refractivity contribution in [3.05, 3.63) is 70.8 Å². The summed E-state index contributed by atoms with van der Waals surface area (Å²) in [5.74, 6) is -0.236. The molecule has 2 aromatic carbocycles. The Morgan fingerprint density at radius 2 is 1.60 bits per heavy atom. The van der Waals surface area contributed by atoms with Crippen molar-refractivity contribution in [1.82, 2.24) is 10.6 Å². The second-order valence-electron chi connectivity index (χ2n) is 6.51. The molecule has 0 aliphatic rings. The average Bonchev–Trinajstić information content (AvgIpc) is 2.54. The highest BCUT2D eigenvalue weighted by atomic mass is 16.2. The smallest absolute Gasteiger partial charge is 0.222 e. The molecule has 0 fully saturated rings. The lowest BCUT2D eigenvalue weighted by atomic mass is 10.00. The molecule has 0 bridgehead atoms. The van der Waals surface area contributed by atoms with Gasteiger partial charge in [-0.25, -0.2) is 0 Å². The van der Waals surface area contributed by atoms with Crippen LogP contribution >= 0.6 is 0 Å². The SMILES string of the molecule is CC(=O)N[C@@H](CC(=O)N[C@H](C)c1ccccc1C)c1ccc(C)cc1. The molecule has 0 spiro atoms. The standard InChI is InChI=1S/C21H26N2O2/c1-14-9-11-18(12-10-14)20(23-17(4)24)13-21(25)22-16(3)19-8-6-5-7-15(19)2/h5-12,16,20H,13H2,1-4H3,(H,22,25)(H,23,24)/t16-,20+/m1/s1. The zero-order chi connectivity index (χ0) is 18.4. The van der Waals surface area contributed by atoms with Crippen molar-refractivity contribution in [2.75, 3.05) is 0 Å². The van der Waals surface area contributed by atoms with Crippen LogP contribution in [-0.2, 0) is 9.59 Å². The Morgan fingerprint density at radius 3 is 2.20 bits per heavy atom. The number of carbonyl (C=O) groups is 2. The Balaban J connectivity index is 2.07. The van der Waals surface area contributed by atoms with Gasteiger partial charge in [0.1, 0.15) is 0 Å². The van der Waals surface area contributed by atoms with Gasteiger partial charge in [0.25, 0.3) is 0 Å². The summed E-state index contributed by atoms with van der Waals surface area (Å²) in [4.78, 5) is 24.0. The van der Waals surface area contributed by atoms with Crippen LogP contribution in [0.1, 0.15) is 54.6 Å². The third-order valence-electron chi connectivity index (χ3n) is 4.28. The van der Waals surface area contributed by atoms with Crippen molar-refractivity contribution < 1.29 is 9.59 Å². The van der Waals surface area contributed by atoms with Crippen molar-refractivity contribution in [2.45, 2.75) is 46.2 Å². The first-order chi connectivity index (χ1) is 11.9. The molecular weight excluding hydrogens is 312 g/mol.